The lowest BCUT2D eigenvalue weighted by molar-refractivity contribution is -0.138. The number of hydrogen-bond donors (Lipinski definition) is 0. The van der Waals surface area contributed by atoms with E-state index >= 15 is 0 Å². The van der Waals surface area contributed by atoms with E-state index in [0.29, 0.717) is 45.1 Å². The van der Waals surface area contributed by atoms with Crippen LogP contribution in [0.3, 0.4) is 0 Å². The van der Waals surface area contributed by atoms with Crippen LogP contribution in [0.15, 0.2) is 48.7 Å². The number of benzene rings is 1. The van der Waals surface area contributed by atoms with Crippen LogP contribution in [-0.4, -0.2) is 59.0 Å². The Morgan fingerprint density at radius 1 is 1.00 bits per heavy atom. The molecule has 1 fully saturated rings. The number of pyridine rings is 1. The van der Waals surface area contributed by atoms with E-state index in [9.17, 15) is 18.0 Å². The fourth-order valence-corrected chi connectivity index (χ4v) is 3.62. The van der Waals surface area contributed by atoms with Gasteiger partial charge in [-0.3, -0.25) is 9.69 Å². The molecule has 168 valence electrons. The summed E-state index contributed by atoms with van der Waals surface area (Å²) in [5, 5.41) is 0. The number of carbonyl (C=O) groups is 1. The molecule has 1 aliphatic heterocycles. The molecule has 0 unspecified atom stereocenters. The van der Waals surface area contributed by atoms with Gasteiger partial charge in [-0.1, -0.05) is 30.3 Å². The zero-order chi connectivity index (χ0) is 22.6. The van der Waals surface area contributed by atoms with Gasteiger partial charge in [0.2, 0.25) is 5.91 Å². The summed E-state index contributed by atoms with van der Waals surface area (Å²) in [6, 6.07) is 12.4. The highest BCUT2D eigenvalue weighted by Gasteiger charge is 2.32. The van der Waals surface area contributed by atoms with Crippen molar-refractivity contribution in [1.82, 2.24) is 14.8 Å². The first-order chi connectivity index (χ1) is 14.5. The largest absolute Gasteiger partial charge is 0.417 e. The smallest absolute Gasteiger partial charge is 0.354 e. The summed E-state index contributed by atoms with van der Waals surface area (Å²) < 4.78 is 38.2. The molecule has 0 aliphatic carbocycles. The Labute approximate surface area is 181 Å². The third-order valence-corrected chi connectivity index (χ3v) is 5.42. The predicted octanol–water partition coefficient (Wildman–Crippen LogP) is 4.05. The zero-order valence-electron chi connectivity index (χ0n) is 18.2. The van der Waals surface area contributed by atoms with Gasteiger partial charge >= 0.3 is 6.18 Å². The average Bonchev–Trinajstić information content (AvgIpc) is 2.72. The molecule has 0 atom stereocenters. The fraction of sp³-hybridized carbons (Fsp3) is 0.478. The second kappa shape index (κ2) is 9.26. The lowest BCUT2D eigenvalue weighted by Crippen LogP contribution is -2.53. The zero-order valence-corrected chi connectivity index (χ0v) is 18.2. The topological polar surface area (TPSA) is 39.7 Å². The van der Waals surface area contributed by atoms with E-state index in [-0.39, 0.29) is 11.4 Å². The number of nitrogens with zero attached hydrogens (tertiary/aromatic N) is 4. The summed E-state index contributed by atoms with van der Waals surface area (Å²) in [5.74, 6) is 0.594. The SMILES string of the molecule is CC(C)(C)N(Cc1ccccc1)C(=O)CN1CCN(c2ccc(C(F)(F)F)cn2)CC1. The molecule has 1 aliphatic rings. The van der Waals surface area contributed by atoms with Gasteiger partial charge in [-0.15, -0.1) is 0 Å². The molecule has 3 rings (SSSR count). The molecule has 5 nitrogen and oxygen atoms in total. The van der Waals surface area contributed by atoms with Gasteiger partial charge in [0.05, 0.1) is 12.1 Å². The highest BCUT2D eigenvalue weighted by Crippen LogP contribution is 2.29. The molecule has 1 saturated heterocycles. The Morgan fingerprint density at radius 2 is 1.65 bits per heavy atom. The number of anilines is 1. The number of alkyl halides is 3. The van der Waals surface area contributed by atoms with Crippen LogP contribution in [0.1, 0.15) is 31.9 Å². The first kappa shape index (κ1) is 23.1. The highest BCUT2D eigenvalue weighted by atomic mass is 19.4. The van der Waals surface area contributed by atoms with Crippen LogP contribution in [0.25, 0.3) is 0 Å². The molecule has 0 saturated carbocycles. The molecule has 2 heterocycles. The molecule has 1 aromatic carbocycles. The number of amides is 1. The van der Waals surface area contributed by atoms with Crippen molar-refractivity contribution in [3.8, 4) is 0 Å². The Morgan fingerprint density at radius 3 is 2.16 bits per heavy atom. The van der Waals surface area contributed by atoms with Crippen LogP contribution < -0.4 is 4.90 Å². The normalized spacial score (nSPS) is 15.7. The van der Waals surface area contributed by atoms with Gasteiger partial charge < -0.3 is 9.80 Å². The summed E-state index contributed by atoms with van der Waals surface area (Å²) in [7, 11) is 0. The van der Waals surface area contributed by atoms with E-state index in [0.717, 1.165) is 17.8 Å². The summed E-state index contributed by atoms with van der Waals surface area (Å²) >= 11 is 0. The monoisotopic (exact) mass is 434 g/mol. The maximum Gasteiger partial charge on any atom is 0.417 e. The van der Waals surface area contributed by atoms with Crippen LogP contribution in [0.2, 0.25) is 0 Å². The van der Waals surface area contributed by atoms with Crippen molar-refractivity contribution in [3.63, 3.8) is 0 Å². The Hall–Kier alpha value is -2.61. The molecule has 0 spiro atoms. The van der Waals surface area contributed by atoms with E-state index in [2.05, 4.69) is 9.88 Å². The van der Waals surface area contributed by atoms with Crippen molar-refractivity contribution in [2.75, 3.05) is 37.6 Å². The van der Waals surface area contributed by atoms with Crippen LogP contribution in [0.5, 0.6) is 0 Å². The van der Waals surface area contributed by atoms with Gasteiger partial charge in [-0.05, 0) is 38.5 Å². The van der Waals surface area contributed by atoms with Crippen molar-refractivity contribution < 1.29 is 18.0 Å². The van der Waals surface area contributed by atoms with Gasteiger partial charge in [0, 0.05) is 44.5 Å². The van der Waals surface area contributed by atoms with Crippen molar-refractivity contribution in [2.45, 2.75) is 39.0 Å². The number of halogens is 3. The van der Waals surface area contributed by atoms with Crippen molar-refractivity contribution >= 4 is 11.7 Å². The third-order valence-electron chi connectivity index (χ3n) is 5.42. The molecule has 0 bridgehead atoms. The van der Waals surface area contributed by atoms with Crippen LogP contribution >= 0.6 is 0 Å². The lowest BCUT2D eigenvalue weighted by atomic mass is 10.0. The average molecular weight is 435 g/mol. The van der Waals surface area contributed by atoms with Crippen LogP contribution in [0.4, 0.5) is 19.0 Å². The Bertz CT molecular complexity index is 855. The van der Waals surface area contributed by atoms with E-state index < -0.39 is 11.7 Å². The third kappa shape index (κ3) is 6.19. The maximum atomic E-state index is 13.1. The van der Waals surface area contributed by atoms with Gasteiger partial charge in [-0.2, -0.15) is 13.2 Å². The Kier molecular flexibility index (Phi) is 6.89. The molecular formula is C23H29F3N4O. The molecule has 0 N–H and O–H groups in total. The van der Waals surface area contributed by atoms with Crippen molar-refractivity contribution in [1.29, 1.82) is 0 Å². The van der Waals surface area contributed by atoms with Gasteiger partial charge in [-0.25, -0.2) is 4.98 Å². The van der Waals surface area contributed by atoms with E-state index in [1.165, 1.54) is 6.07 Å². The minimum absolute atomic E-state index is 0.0671. The quantitative estimate of drug-likeness (QED) is 0.712. The second-order valence-electron chi connectivity index (χ2n) is 8.80. The van der Waals surface area contributed by atoms with E-state index in [1.807, 2.05) is 60.9 Å². The standard InChI is InChI=1S/C23H29F3N4O/c1-22(2,3)30(16-18-7-5-4-6-8-18)21(31)17-28-11-13-29(14-12-28)20-10-9-19(15-27-20)23(24,25)26/h4-10,15H,11-14,16-17H2,1-3H3. The van der Waals surface area contributed by atoms with Crippen LogP contribution in [0, 0.1) is 0 Å². The summed E-state index contributed by atoms with van der Waals surface area (Å²) in [4.78, 5) is 23.0. The predicted molar refractivity (Wildman–Crippen MR) is 115 cm³/mol. The molecule has 8 heteroatoms. The van der Waals surface area contributed by atoms with E-state index in [1.54, 1.807) is 0 Å². The maximum absolute atomic E-state index is 13.1. The lowest BCUT2D eigenvalue weighted by Gasteiger charge is -2.39. The van der Waals surface area contributed by atoms with Crippen molar-refractivity contribution in [2.24, 2.45) is 0 Å². The van der Waals surface area contributed by atoms with Gasteiger partial charge in [0.1, 0.15) is 5.82 Å². The van der Waals surface area contributed by atoms with E-state index in [4.69, 9.17) is 0 Å². The molecule has 2 aromatic rings. The summed E-state index contributed by atoms with van der Waals surface area (Å²) in [6.07, 6.45) is -3.51. The second-order valence-corrected chi connectivity index (χ2v) is 8.80. The summed E-state index contributed by atoms with van der Waals surface area (Å²) in [6.45, 7) is 9.48. The van der Waals surface area contributed by atoms with Crippen molar-refractivity contribution in [3.05, 3.63) is 59.8 Å². The summed E-state index contributed by atoms with van der Waals surface area (Å²) in [5.41, 5.74) is 0.0314. The molecule has 1 aromatic heterocycles. The molecule has 31 heavy (non-hydrogen) atoms. The number of carbonyl (C=O) groups excluding carboxylic acids is 1. The molecule has 1 amide bonds. The Balaban J connectivity index is 1.57. The minimum atomic E-state index is -4.39. The highest BCUT2D eigenvalue weighted by molar-refractivity contribution is 5.79. The fourth-order valence-electron chi connectivity index (χ4n) is 3.62. The van der Waals surface area contributed by atoms with Gasteiger partial charge in [0.15, 0.2) is 0 Å². The molecule has 0 radical (unpaired) electrons. The first-order valence-electron chi connectivity index (χ1n) is 10.4. The number of rotatable bonds is 5. The van der Waals surface area contributed by atoms with Gasteiger partial charge in [0.25, 0.3) is 0 Å². The first-order valence-corrected chi connectivity index (χ1v) is 10.4. The minimum Gasteiger partial charge on any atom is -0.354 e. The number of piperazine rings is 1. The molecular weight excluding hydrogens is 405 g/mol. The van der Waals surface area contributed by atoms with Crippen LogP contribution in [-0.2, 0) is 17.5 Å². The number of hydrogen-bond acceptors (Lipinski definition) is 4. The number of aromatic nitrogens is 1.